The topological polar surface area (TPSA) is 105 Å². The Bertz CT molecular complexity index is 180. The van der Waals surface area contributed by atoms with Gasteiger partial charge in [-0.05, 0) is 5.92 Å². The first-order valence-corrected chi connectivity index (χ1v) is 3.38. The van der Waals surface area contributed by atoms with Crippen LogP contribution in [0.4, 0.5) is 4.79 Å². The van der Waals surface area contributed by atoms with Crippen LogP contribution < -0.4 is 11.5 Å². The van der Waals surface area contributed by atoms with Gasteiger partial charge in [0.1, 0.15) is 6.04 Å². The van der Waals surface area contributed by atoms with Crippen molar-refractivity contribution in [2.45, 2.75) is 19.9 Å². The van der Waals surface area contributed by atoms with Gasteiger partial charge in [0.05, 0.1) is 0 Å². The van der Waals surface area contributed by atoms with Crippen molar-refractivity contribution in [3.05, 3.63) is 0 Å². The number of amides is 1. The van der Waals surface area contributed by atoms with Crippen LogP contribution in [-0.4, -0.2) is 18.1 Å². The van der Waals surface area contributed by atoms with Gasteiger partial charge in [-0.3, -0.25) is 0 Å². The normalized spacial score (nSPS) is 12.3. The molecule has 0 saturated carbocycles. The predicted octanol–water partition coefficient (Wildman–Crippen LogP) is -0.477. The summed E-state index contributed by atoms with van der Waals surface area (Å²) in [5.74, 6) is -0.905. The molecule has 1 atom stereocenters. The first-order chi connectivity index (χ1) is 5.45. The summed E-state index contributed by atoms with van der Waals surface area (Å²) in [6, 6.07) is -0.815. The Morgan fingerprint density at radius 2 is 1.75 bits per heavy atom. The molecule has 0 aromatic carbocycles. The highest BCUT2D eigenvalue weighted by atomic mass is 17.2. The Morgan fingerprint density at radius 1 is 1.25 bits per heavy atom. The lowest BCUT2D eigenvalue weighted by Crippen LogP contribution is -2.37. The summed E-state index contributed by atoms with van der Waals surface area (Å²) in [7, 11) is 0. The van der Waals surface area contributed by atoms with Crippen LogP contribution in [0.5, 0.6) is 0 Å². The monoisotopic (exact) mass is 176 g/mol. The second-order valence-corrected chi connectivity index (χ2v) is 2.57. The van der Waals surface area contributed by atoms with Crippen LogP contribution in [0.3, 0.4) is 0 Å². The van der Waals surface area contributed by atoms with Gasteiger partial charge in [0.25, 0.3) is 0 Å². The van der Waals surface area contributed by atoms with Gasteiger partial charge >= 0.3 is 12.1 Å². The zero-order chi connectivity index (χ0) is 9.72. The average molecular weight is 176 g/mol. The number of carbonyl (C=O) groups excluding carboxylic acids is 2. The zero-order valence-electron chi connectivity index (χ0n) is 6.94. The van der Waals surface area contributed by atoms with Crippen molar-refractivity contribution in [1.29, 1.82) is 0 Å². The van der Waals surface area contributed by atoms with Gasteiger partial charge in [0.15, 0.2) is 0 Å². The number of hydrogen-bond acceptors (Lipinski definition) is 5. The fourth-order valence-electron chi connectivity index (χ4n) is 0.410. The lowest BCUT2D eigenvalue weighted by atomic mass is 10.1. The smallest absolute Gasteiger partial charge is 0.332 e. The summed E-state index contributed by atoms with van der Waals surface area (Å²) in [5, 5.41) is 0. The van der Waals surface area contributed by atoms with Crippen molar-refractivity contribution >= 4 is 12.1 Å². The second-order valence-electron chi connectivity index (χ2n) is 2.57. The fourth-order valence-corrected chi connectivity index (χ4v) is 0.410. The Labute approximate surface area is 69.7 Å². The molecule has 0 aliphatic rings. The maximum atomic E-state index is 10.8. The molecule has 0 aliphatic carbocycles. The molecule has 0 radical (unpaired) electrons. The number of hydrogen-bond donors (Lipinski definition) is 2. The van der Waals surface area contributed by atoms with Crippen molar-refractivity contribution in [2.75, 3.05) is 0 Å². The second kappa shape index (κ2) is 4.55. The van der Waals surface area contributed by atoms with Crippen molar-refractivity contribution in [3.63, 3.8) is 0 Å². The van der Waals surface area contributed by atoms with Crippen LogP contribution in [-0.2, 0) is 14.6 Å². The van der Waals surface area contributed by atoms with E-state index in [1.807, 2.05) is 0 Å². The fraction of sp³-hybridized carbons (Fsp3) is 0.667. The summed E-state index contributed by atoms with van der Waals surface area (Å²) in [5.41, 5.74) is 9.88. The van der Waals surface area contributed by atoms with Gasteiger partial charge in [-0.2, -0.15) is 0 Å². The molecule has 6 nitrogen and oxygen atoms in total. The molecule has 70 valence electrons. The van der Waals surface area contributed by atoms with E-state index in [0.29, 0.717) is 0 Å². The van der Waals surface area contributed by atoms with Crippen molar-refractivity contribution < 1.29 is 19.4 Å². The third-order valence-electron chi connectivity index (χ3n) is 1.20. The van der Waals surface area contributed by atoms with E-state index in [2.05, 4.69) is 15.5 Å². The molecule has 4 N–H and O–H groups in total. The van der Waals surface area contributed by atoms with Crippen molar-refractivity contribution in [3.8, 4) is 0 Å². The molecule has 1 amide bonds. The first-order valence-electron chi connectivity index (χ1n) is 3.38. The Hall–Kier alpha value is -1.30. The Kier molecular flexibility index (Phi) is 4.06. The maximum Gasteiger partial charge on any atom is 0.447 e. The van der Waals surface area contributed by atoms with Crippen LogP contribution in [0.25, 0.3) is 0 Å². The minimum Gasteiger partial charge on any atom is -0.332 e. The number of carbonyl (C=O) groups is 2. The van der Waals surface area contributed by atoms with E-state index < -0.39 is 18.1 Å². The molecule has 0 aliphatic heterocycles. The number of rotatable bonds is 2. The summed E-state index contributed by atoms with van der Waals surface area (Å²) in [6.07, 6.45) is -1.18. The molecular formula is C6H12N2O4. The molecule has 0 aromatic heterocycles. The van der Waals surface area contributed by atoms with E-state index >= 15 is 0 Å². The van der Waals surface area contributed by atoms with Gasteiger partial charge in [0.2, 0.25) is 0 Å². The summed E-state index contributed by atoms with van der Waals surface area (Å²) < 4.78 is 0. The van der Waals surface area contributed by atoms with Gasteiger partial charge < -0.3 is 11.5 Å². The van der Waals surface area contributed by atoms with Crippen molar-refractivity contribution in [2.24, 2.45) is 17.4 Å². The van der Waals surface area contributed by atoms with E-state index in [1.165, 1.54) is 0 Å². The summed E-state index contributed by atoms with van der Waals surface area (Å²) >= 11 is 0. The van der Waals surface area contributed by atoms with E-state index in [-0.39, 0.29) is 5.92 Å². The van der Waals surface area contributed by atoms with Gasteiger partial charge in [-0.25, -0.2) is 19.4 Å². The van der Waals surface area contributed by atoms with Crippen LogP contribution in [0.1, 0.15) is 13.8 Å². The molecule has 6 heteroatoms. The Morgan fingerprint density at radius 3 is 2.08 bits per heavy atom. The highest BCUT2D eigenvalue weighted by Gasteiger charge is 2.20. The quantitative estimate of drug-likeness (QED) is 0.437. The molecule has 1 unspecified atom stereocenters. The Balaban J connectivity index is 3.80. The lowest BCUT2D eigenvalue weighted by Gasteiger charge is -2.11. The van der Waals surface area contributed by atoms with E-state index in [1.54, 1.807) is 13.8 Å². The third kappa shape index (κ3) is 3.77. The minimum atomic E-state index is -1.18. The molecule has 0 saturated heterocycles. The molecule has 0 rings (SSSR count). The van der Waals surface area contributed by atoms with Gasteiger partial charge in [-0.1, -0.05) is 13.8 Å². The zero-order valence-corrected chi connectivity index (χ0v) is 6.94. The van der Waals surface area contributed by atoms with E-state index in [9.17, 15) is 9.59 Å². The highest BCUT2D eigenvalue weighted by Crippen LogP contribution is 2.00. The molecule has 0 fully saturated rings. The minimum absolute atomic E-state index is 0.0889. The van der Waals surface area contributed by atoms with E-state index in [0.717, 1.165) is 0 Å². The number of primary amides is 1. The number of nitrogens with two attached hydrogens (primary N) is 2. The van der Waals surface area contributed by atoms with Crippen LogP contribution in [0.2, 0.25) is 0 Å². The summed E-state index contributed by atoms with van der Waals surface area (Å²) in [4.78, 5) is 28.6. The molecule has 0 bridgehead atoms. The van der Waals surface area contributed by atoms with Crippen molar-refractivity contribution in [1.82, 2.24) is 0 Å². The lowest BCUT2D eigenvalue weighted by molar-refractivity contribution is -0.233. The standard InChI is InChI=1S/C6H12N2O4/c1-3(2)4(7)5(9)11-12-6(8)10/h3-4H,7H2,1-2H3,(H2,8,10). The van der Waals surface area contributed by atoms with Crippen LogP contribution in [0.15, 0.2) is 0 Å². The molecular weight excluding hydrogens is 164 g/mol. The van der Waals surface area contributed by atoms with Crippen LogP contribution in [0, 0.1) is 5.92 Å². The third-order valence-corrected chi connectivity index (χ3v) is 1.20. The van der Waals surface area contributed by atoms with E-state index in [4.69, 9.17) is 5.73 Å². The van der Waals surface area contributed by atoms with Crippen LogP contribution >= 0.6 is 0 Å². The molecule has 0 aromatic rings. The maximum absolute atomic E-state index is 10.8. The first kappa shape index (κ1) is 10.7. The SMILES string of the molecule is CC(C)C(N)C(=O)OOC(N)=O. The highest BCUT2D eigenvalue weighted by molar-refractivity contribution is 5.76. The molecule has 12 heavy (non-hydrogen) atoms. The average Bonchev–Trinajstić information content (AvgIpc) is 1.98. The predicted molar refractivity (Wildman–Crippen MR) is 39.6 cm³/mol. The van der Waals surface area contributed by atoms with Gasteiger partial charge in [-0.15, -0.1) is 0 Å². The largest absolute Gasteiger partial charge is 0.447 e. The molecule has 0 spiro atoms. The molecule has 0 heterocycles. The summed E-state index contributed by atoms with van der Waals surface area (Å²) in [6.45, 7) is 3.46. The van der Waals surface area contributed by atoms with Gasteiger partial charge in [0, 0.05) is 0 Å².